The first-order valence-electron chi connectivity index (χ1n) is 7.52. The molecule has 25 heavy (non-hydrogen) atoms. The van der Waals surface area contributed by atoms with Crippen LogP contribution >= 0.6 is 11.3 Å². The van der Waals surface area contributed by atoms with Crippen molar-refractivity contribution in [3.63, 3.8) is 0 Å². The highest BCUT2D eigenvalue weighted by Gasteiger charge is 2.37. The quantitative estimate of drug-likeness (QED) is 0.475. The molecule has 126 valence electrons. The third-order valence-corrected chi connectivity index (χ3v) is 4.78. The Balaban J connectivity index is 1.91. The second-order valence-electron chi connectivity index (χ2n) is 5.66. The first-order valence-corrected chi connectivity index (χ1v) is 8.34. The van der Waals surface area contributed by atoms with Gasteiger partial charge in [-0.15, -0.1) is 0 Å². The van der Waals surface area contributed by atoms with Gasteiger partial charge in [-0.25, -0.2) is 9.67 Å². The first-order chi connectivity index (χ1) is 11.9. The molecule has 0 unspecified atom stereocenters. The second-order valence-corrected chi connectivity index (χ2v) is 6.67. The van der Waals surface area contributed by atoms with Gasteiger partial charge < -0.3 is 0 Å². The van der Waals surface area contributed by atoms with E-state index in [1.165, 1.54) is 11.3 Å². The highest BCUT2D eigenvalue weighted by molar-refractivity contribution is 7.20. The largest absolute Gasteiger partial charge is 0.433 e. The van der Waals surface area contributed by atoms with Crippen LogP contribution in [0, 0.1) is 6.92 Å². The molecular formula is C18H12F3N3S. The number of fused-ring (bicyclic) bond motifs is 1. The topological polar surface area (TPSA) is 30.7 Å². The molecule has 0 saturated heterocycles. The molecule has 0 spiro atoms. The van der Waals surface area contributed by atoms with Gasteiger partial charge in [-0.2, -0.15) is 18.3 Å². The van der Waals surface area contributed by atoms with E-state index in [0.29, 0.717) is 11.1 Å². The smallest absolute Gasteiger partial charge is 0.218 e. The molecule has 4 rings (SSSR count). The molecule has 2 heterocycles. The summed E-state index contributed by atoms with van der Waals surface area (Å²) in [6, 6.07) is 15.5. The molecular weight excluding hydrogens is 347 g/mol. The van der Waals surface area contributed by atoms with Gasteiger partial charge >= 0.3 is 6.18 Å². The van der Waals surface area contributed by atoms with Gasteiger partial charge in [0, 0.05) is 5.56 Å². The van der Waals surface area contributed by atoms with Crippen molar-refractivity contribution in [2.75, 3.05) is 0 Å². The average molecular weight is 359 g/mol. The van der Waals surface area contributed by atoms with Gasteiger partial charge in [0.2, 0.25) is 5.13 Å². The summed E-state index contributed by atoms with van der Waals surface area (Å²) in [6.07, 6.45) is -4.52. The Morgan fingerprint density at radius 2 is 1.76 bits per heavy atom. The molecule has 2 aromatic carbocycles. The maximum Gasteiger partial charge on any atom is 0.433 e. The Morgan fingerprint density at radius 3 is 2.48 bits per heavy atom. The fraction of sp³-hybridized carbons (Fsp3) is 0.111. The Labute approximate surface area is 145 Å². The van der Waals surface area contributed by atoms with E-state index in [1.807, 2.05) is 19.1 Å². The maximum atomic E-state index is 13.5. The van der Waals surface area contributed by atoms with Gasteiger partial charge in [0.25, 0.3) is 0 Å². The van der Waals surface area contributed by atoms with Gasteiger partial charge in [-0.1, -0.05) is 47.7 Å². The SMILES string of the molecule is Cc1ccc2nc(-n3nc(-c4ccccc4)cc3C(F)(F)F)sc2c1. The van der Waals surface area contributed by atoms with E-state index in [4.69, 9.17) is 0 Å². The number of benzene rings is 2. The van der Waals surface area contributed by atoms with E-state index in [1.54, 1.807) is 36.4 Å². The highest BCUT2D eigenvalue weighted by atomic mass is 32.1. The summed E-state index contributed by atoms with van der Waals surface area (Å²) in [7, 11) is 0. The number of nitrogens with zero attached hydrogens (tertiary/aromatic N) is 3. The van der Waals surface area contributed by atoms with Crippen LogP contribution in [0.15, 0.2) is 54.6 Å². The summed E-state index contributed by atoms with van der Waals surface area (Å²) < 4.78 is 42.2. The van der Waals surface area contributed by atoms with E-state index in [2.05, 4.69) is 10.1 Å². The summed E-state index contributed by atoms with van der Waals surface area (Å²) in [5.74, 6) is 0. The molecule has 7 heteroatoms. The number of halogens is 3. The predicted molar refractivity (Wildman–Crippen MR) is 91.9 cm³/mol. The van der Waals surface area contributed by atoms with Crippen molar-refractivity contribution in [2.24, 2.45) is 0 Å². The van der Waals surface area contributed by atoms with Crippen LogP contribution in [0.3, 0.4) is 0 Å². The molecule has 4 aromatic rings. The molecule has 0 aliphatic carbocycles. The third kappa shape index (κ3) is 2.91. The Hall–Kier alpha value is -2.67. The van der Waals surface area contributed by atoms with Crippen LogP contribution < -0.4 is 0 Å². The van der Waals surface area contributed by atoms with Crippen LogP contribution in [0.25, 0.3) is 26.6 Å². The van der Waals surface area contributed by atoms with Crippen LogP contribution in [0.1, 0.15) is 11.3 Å². The van der Waals surface area contributed by atoms with Crippen molar-refractivity contribution in [3.8, 4) is 16.4 Å². The Bertz CT molecular complexity index is 1050. The summed E-state index contributed by atoms with van der Waals surface area (Å²) in [5, 5.41) is 4.38. The first kappa shape index (κ1) is 15.8. The van der Waals surface area contributed by atoms with E-state index in [9.17, 15) is 13.2 Å². The van der Waals surface area contributed by atoms with E-state index >= 15 is 0 Å². The predicted octanol–water partition coefficient (Wildman–Crippen LogP) is 5.48. The molecule has 0 amide bonds. The Kier molecular flexibility index (Phi) is 3.61. The van der Waals surface area contributed by atoms with Crippen molar-refractivity contribution in [2.45, 2.75) is 13.1 Å². The number of aryl methyl sites for hydroxylation is 1. The molecule has 3 nitrogen and oxygen atoms in total. The molecule has 0 radical (unpaired) electrons. The number of thiazole rings is 1. The summed E-state index contributed by atoms with van der Waals surface area (Å²) >= 11 is 1.19. The van der Waals surface area contributed by atoms with Crippen molar-refractivity contribution in [1.29, 1.82) is 0 Å². The van der Waals surface area contributed by atoms with Crippen LogP contribution in [0.5, 0.6) is 0 Å². The van der Waals surface area contributed by atoms with Crippen molar-refractivity contribution >= 4 is 21.6 Å². The molecule has 0 bridgehead atoms. The monoisotopic (exact) mass is 359 g/mol. The lowest BCUT2D eigenvalue weighted by Gasteiger charge is -2.06. The molecule has 0 atom stereocenters. The minimum Gasteiger partial charge on any atom is -0.218 e. The lowest BCUT2D eigenvalue weighted by Crippen LogP contribution is -2.12. The lowest BCUT2D eigenvalue weighted by molar-refractivity contribution is -0.142. The molecule has 0 N–H and O–H groups in total. The summed E-state index contributed by atoms with van der Waals surface area (Å²) in [6.45, 7) is 1.93. The second kappa shape index (κ2) is 5.70. The Morgan fingerprint density at radius 1 is 1.00 bits per heavy atom. The van der Waals surface area contributed by atoms with Gasteiger partial charge in [0.15, 0.2) is 5.69 Å². The van der Waals surface area contributed by atoms with Crippen LogP contribution in [0.4, 0.5) is 13.2 Å². The van der Waals surface area contributed by atoms with Crippen LogP contribution in [0.2, 0.25) is 0 Å². The van der Waals surface area contributed by atoms with Gasteiger partial charge in [0.1, 0.15) is 0 Å². The van der Waals surface area contributed by atoms with Crippen molar-refractivity contribution in [1.82, 2.24) is 14.8 Å². The maximum absolute atomic E-state index is 13.5. The van der Waals surface area contributed by atoms with Gasteiger partial charge in [-0.3, -0.25) is 0 Å². The molecule has 0 saturated carbocycles. The standard InChI is InChI=1S/C18H12F3N3S/c1-11-7-8-13-15(9-11)25-17(22-13)24-16(18(19,20)21)10-14(23-24)12-5-3-2-4-6-12/h2-10H,1H3. The molecule has 0 aliphatic heterocycles. The fourth-order valence-electron chi connectivity index (χ4n) is 2.59. The summed E-state index contributed by atoms with van der Waals surface area (Å²) in [4.78, 5) is 4.32. The molecule has 2 aromatic heterocycles. The zero-order valence-corrected chi connectivity index (χ0v) is 13.9. The molecule has 0 aliphatic rings. The third-order valence-electron chi connectivity index (χ3n) is 3.78. The number of rotatable bonds is 2. The van der Waals surface area contributed by atoms with E-state index in [0.717, 1.165) is 21.0 Å². The van der Waals surface area contributed by atoms with Gasteiger partial charge in [-0.05, 0) is 30.7 Å². The normalized spacial score (nSPS) is 12.0. The zero-order chi connectivity index (χ0) is 17.6. The average Bonchev–Trinajstić information content (AvgIpc) is 3.18. The fourth-order valence-corrected chi connectivity index (χ4v) is 3.62. The highest BCUT2D eigenvalue weighted by Crippen LogP contribution is 2.36. The number of alkyl halides is 3. The lowest BCUT2D eigenvalue weighted by atomic mass is 10.1. The van der Waals surface area contributed by atoms with Crippen molar-refractivity contribution < 1.29 is 13.2 Å². The minimum absolute atomic E-state index is 0.204. The van der Waals surface area contributed by atoms with Gasteiger partial charge in [0.05, 0.1) is 15.9 Å². The summed E-state index contributed by atoms with van der Waals surface area (Å²) in [5.41, 5.74) is 1.76. The van der Waals surface area contributed by atoms with Crippen LogP contribution in [-0.2, 0) is 6.18 Å². The molecule has 0 fully saturated rings. The minimum atomic E-state index is -4.52. The number of aromatic nitrogens is 3. The van der Waals surface area contributed by atoms with E-state index in [-0.39, 0.29) is 10.8 Å². The van der Waals surface area contributed by atoms with E-state index < -0.39 is 11.9 Å². The van der Waals surface area contributed by atoms with Crippen molar-refractivity contribution in [3.05, 3.63) is 65.9 Å². The zero-order valence-electron chi connectivity index (χ0n) is 13.1. The van der Waals surface area contributed by atoms with Crippen LogP contribution in [-0.4, -0.2) is 14.8 Å². The number of hydrogen-bond acceptors (Lipinski definition) is 3. The number of hydrogen-bond donors (Lipinski definition) is 0.